The number of aryl methyl sites for hydroxylation is 2. The molecular formula is C21H19FN4O2. The molecule has 1 aromatic heterocycles. The summed E-state index contributed by atoms with van der Waals surface area (Å²) < 4.78 is 14.8. The van der Waals surface area contributed by atoms with Gasteiger partial charge in [-0.3, -0.25) is 9.59 Å². The maximum atomic E-state index is 13.3. The van der Waals surface area contributed by atoms with Crippen molar-refractivity contribution in [2.24, 2.45) is 0 Å². The number of aromatic nitrogens is 2. The van der Waals surface area contributed by atoms with Crippen molar-refractivity contribution in [1.82, 2.24) is 9.78 Å². The fourth-order valence-electron chi connectivity index (χ4n) is 3.30. The van der Waals surface area contributed by atoms with Crippen LogP contribution < -0.4 is 10.6 Å². The second kappa shape index (κ2) is 7.26. The normalized spacial score (nSPS) is 13.4. The molecule has 2 heterocycles. The highest BCUT2D eigenvalue weighted by Gasteiger charge is 2.15. The molecule has 0 saturated heterocycles. The van der Waals surface area contributed by atoms with Crippen LogP contribution in [0.25, 0.3) is 5.69 Å². The van der Waals surface area contributed by atoms with Crippen molar-refractivity contribution in [2.45, 2.75) is 26.2 Å². The van der Waals surface area contributed by atoms with Crippen molar-refractivity contribution in [3.05, 3.63) is 71.3 Å². The molecule has 0 unspecified atom stereocenters. The molecule has 1 aliphatic heterocycles. The number of hydrogen-bond acceptors (Lipinski definition) is 3. The summed E-state index contributed by atoms with van der Waals surface area (Å²) in [6.45, 7) is 1.79. The van der Waals surface area contributed by atoms with E-state index >= 15 is 0 Å². The third-order valence-corrected chi connectivity index (χ3v) is 4.71. The third kappa shape index (κ3) is 3.64. The molecule has 2 amide bonds. The first-order valence-corrected chi connectivity index (χ1v) is 9.06. The van der Waals surface area contributed by atoms with Crippen LogP contribution in [-0.2, 0) is 11.2 Å². The van der Waals surface area contributed by atoms with E-state index < -0.39 is 0 Å². The predicted molar refractivity (Wildman–Crippen MR) is 104 cm³/mol. The standard InChI is InChI=1S/C21H19FN4O2/c1-13-11-15(22)5-8-19(13)26-10-9-18(25-26)21(28)23-16-6-7-17-14(12-16)3-2-4-20(27)24-17/h5-12H,2-4H2,1H3,(H,23,28)(H,24,27). The highest BCUT2D eigenvalue weighted by atomic mass is 19.1. The van der Waals surface area contributed by atoms with Gasteiger partial charge in [-0.15, -0.1) is 0 Å². The number of benzene rings is 2. The first-order chi connectivity index (χ1) is 13.5. The summed E-state index contributed by atoms with van der Waals surface area (Å²) >= 11 is 0. The smallest absolute Gasteiger partial charge is 0.276 e. The maximum absolute atomic E-state index is 13.3. The Balaban J connectivity index is 1.52. The van der Waals surface area contributed by atoms with Crippen molar-refractivity contribution in [2.75, 3.05) is 10.6 Å². The lowest BCUT2D eigenvalue weighted by Gasteiger charge is -2.10. The van der Waals surface area contributed by atoms with Gasteiger partial charge in [0.25, 0.3) is 5.91 Å². The lowest BCUT2D eigenvalue weighted by atomic mass is 10.1. The van der Waals surface area contributed by atoms with Gasteiger partial charge in [0.1, 0.15) is 5.82 Å². The minimum atomic E-state index is -0.337. The van der Waals surface area contributed by atoms with Gasteiger partial charge in [-0.25, -0.2) is 9.07 Å². The van der Waals surface area contributed by atoms with E-state index in [2.05, 4.69) is 15.7 Å². The van der Waals surface area contributed by atoms with Gasteiger partial charge in [0.15, 0.2) is 5.69 Å². The minimum Gasteiger partial charge on any atom is -0.326 e. The van der Waals surface area contributed by atoms with Crippen LogP contribution in [0.2, 0.25) is 0 Å². The molecule has 0 radical (unpaired) electrons. The Morgan fingerprint density at radius 1 is 1.18 bits per heavy atom. The number of carbonyl (C=O) groups excluding carboxylic acids is 2. The Morgan fingerprint density at radius 3 is 2.86 bits per heavy atom. The predicted octanol–water partition coefficient (Wildman–Crippen LogP) is 3.85. The maximum Gasteiger partial charge on any atom is 0.276 e. The van der Waals surface area contributed by atoms with Crippen molar-refractivity contribution >= 4 is 23.2 Å². The van der Waals surface area contributed by atoms with Crippen LogP contribution in [0.5, 0.6) is 0 Å². The second-order valence-corrected chi connectivity index (χ2v) is 6.80. The van der Waals surface area contributed by atoms with E-state index in [4.69, 9.17) is 0 Å². The van der Waals surface area contributed by atoms with Gasteiger partial charge in [-0.05, 0) is 73.4 Å². The van der Waals surface area contributed by atoms with E-state index in [1.165, 1.54) is 12.1 Å². The van der Waals surface area contributed by atoms with Crippen LogP contribution in [0, 0.1) is 12.7 Å². The number of amides is 2. The number of rotatable bonds is 3. The van der Waals surface area contributed by atoms with Crippen LogP contribution in [0.1, 0.15) is 34.5 Å². The monoisotopic (exact) mass is 378 g/mol. The Labute approximate surface area is 161 Å². The first-order valence-electron chi connectivity index (χ1n) is 9.06. The average Bonchev–Trinajstić information content (AvgIpc) is 3.06. The average molecular weight is 378 g/mol. The Bertz CT molecular complexity index is 1070. The van der Waals surface area contributed by atoms with Crippen LogP contribution in [0.3, 0.4) is 0 Å². The Kier molecular flexibility index (Phi) is 4.65. The number of carbonyl (C=O) groups is 2. The summed E-state index contributed by atoms with van der Waals surface area (Å²) in [6.07, 6.45) is 3.71. The molecule has 4 rings (SSSR count). The Hall–Kier alpha value is -3.48. The topological polar surface area (TPSA) is 76.0 Å². The number of anilines is 2. The van der Waals surface area contributed by atoms with Crippen molar-refractivity contribution in [3.8, 4) is 5.69 Å². The molecule has 0 atom stereocenters. The minimum absolute atomic E-state index is 0.0113. The number of fused-ring (bicyclic) bond motifs is 1. The van der Waals surface area contributed by atoms with E-state index in [0.717, 1.165) is 29.7 Å². The Morgan fingerprint density at radius 2 is 2.04 bits per heavy atom. The van der Waals surface area contributed by atoms with Gasteiger partial charge in [0.2, 0.25) is 5.91 Å². The fourth-order valence-corrected chi connectivity index (χ4v) is 3.30. The molecule has 2 aromatic carbocycles. The molecule has 1 aliphatic rings. The molecule has 3 aromatic rings. The number of halogens is 1. The summed E-state index contributed by atoms with van der Waals surface area (Å²) in [5, 5.41) is 10.0. The second-order valence-electron chi connectivity index (χ2n) is 6.80. The molecule has 28 heavy (non-hydrogen) atoms. The summed E-state index contributed by atoms with van der Waals surface area (Å²) in [4.78, 5) is 24.2. The zero-order valence-electron chi connectivity index (χ0n) is 15.3. The van der Waals surface area contributed by atoms with E-state index in [1.54, 1.807) is 42.1 Å². The molecule has 0 aliphatic carbocycles. The van der Waals surface area contributed by atoms with Gasteiger partial charge in [-0.2, -0.15) is 5.10 Å². The molecular weight excluding hydrogens is 359 g/mol. The lowest BCUT2D eigenvalue weighted by Crippen LogP contribution is -2.14. The van der Waals surface area contributed by atoms with Crippen LogP contribution >= 0.6 is 0 Å². The summed E-state index contributed by atoms with van der Waals surface area (Å²) in [5.41, 5.74) is 4.12. The zero-order valence-corrected chi connectivity index (χ0v) is 15.3. The van der Waals surface area contributed by atoms with Crippen molar-refractivity contribution < 1.29 is 14.0 Å². The van der Waals surface area contributed by atoms with Crippen LogP contribution in [0.15, 0.2) is 48.7 Å². The van der Waals surface area contributed by atoms with E-state index in [0.29, 0.717) is 17.8 Å². The summed E-state index contributed by atoms with van der Waals surface area (Å²) in [6, 6.07) is 11.4. The van der Waals surface area contributed by atoms with Crippen LogP contribution in [-0.4, -0.2) is 21.6 Å². The summed E-state index contributed by atoms with van der Waals surface area (Å²) in [5.74, 6) is -0.640. The molecule has 6 nitrogen and oxygen atoms in total. The van der Waals surface area contributed by atoms with Crippen molar-refractivity contribution in [1.29, 1.82) is 0 Å². The van der Waals surface area contributed by atoms with Gasteiger partial charge in [0, 0.05) is 24.0 Å². The number of nitrogens with one attached hydrogen (secondary N) is 2. The molecule has 0 spiro atoms. The molecule has 7 heteroatoms. The SMILES string of the molecule is Cc1cc(F)ccc1-n1ccc(C(=O)Nc2ccc3c(c2)CCCC(=O)N3)n1. The molecule has 0 fully saturated rings. The highest BCUT2D eigenvalue weighted by molar-refractivity contribution is 6.03. The number of hydrogen-bond donors (Lipinski definition) is 2. The third-order valence-electron chi connectivity index (χ3n) is 4.71. The van der Waals surface area contributed by atoms with Crippen LogP contribution in [0.4, 0.5) is 15.8 Å². The van der Waals surface area contributed by atoms with E-state index in [-0.39, 0.29) is 23.3 Å². The molecule has 2 N–H and O–H groups in total. The van der Waals surface area contributed by atoms with E-state index in [9.17, 15) is 14.0 Å². The zero-order chi connectivity index (χ0) is 19.7. The molecule has 0 bridgehead atoms. The molecule has 0 saturated carbocycles. The van der Waals surface area contributed by atoms with E-state index in [1.807, 2.05) is 6.07 Å². The van der Waals surface area contributed by atoms with Gasteiger partial charge < -0.3 is 10.6 Å². The van der Waals surface area contributed by atoms with Gasteiger partial charge in [0.05, 0.1) is 5.69 Å². The van der Waals surface area contributed by atoms with Gasteiger partial charge in [-0.1, -0.05) is 0 Å². The fraction of sp³-hybridized carbons (Fsp3) is 0.190. The molecule has 142 valence electrons. The quantitative estimate of drug-likeness (QED) is 0.727. The van der Waals surface area contributed by atoms with Gasteiger partial charge >= 0.3 is 0 Å². The first kappa shape index (κ1) is 17.9. The summed E-state index contributed by atoms with van der Waals surface area (Å²) in [7, 11) is 0. The van der Waals surface area contributed by atoms with Crippen molar-refractivity contribution in [3.63, 3.8) is 0 Å². The largest absolute Gasteiger partial charge is 0.326 e. The highest BCUT2D eigenvalue weighted by Crippen LogP contribution is 2.25. The lowest BCUT2D eigenvalue weighted by molar-refractivity contribution is -0.116. The number of nitrogens with zero attached hydrogens (tertiary/aromatic N) is 2.